The summed E-state index contributed by atoms with van der Waals surface area (Å²) in [6, 6.07) is 7.57. The van der Waals surface area contributed by atoms with Gasteiger partial charge in [-0.2, -0.15) is 0 Å². The fraction of sp³-hybridized carbons (Fsp3) is 0.444. The maximum absolute atomic E-state index is 12.3. The van der Waals surface area contributed by atoms with E-state index in [0.717, 1.165) is 41.2 Å². The molecule has 128 valence electrons. The number of thiazole rings is 1. The first-order valence-corrected chi connectivity index (χ1v) is 9.13. The van der Waals surface area contributed by atoms with Gasteiger partial charge in [-0.15, -0.1) is 11.3 Å². The van der Waals surface area contributed by atoms with Crippen LogP contribution in [0, 0.1) is 12.8 Å². The largest absolute Gasteiger partial charge is 0.393 e. The number of aromatic nitrogens is 1. The zero-order chi connectivity index (χ0) is 17.1. The number of aryl methyl sites for hydroxylation is 1. The van der Waals surface area contributed by atoms with Crippen LogP contribution in [-0.2, 0) is 0 Å². The topological polar surface area (TPSA) is 65.5 Å². The van der Waals surface area contributed by atoms with Crippen molar-refractivity contribution in [2.24, 2.45) is 5.92 Å². The Bertz CT molecular complexity index is 699. The summed E-state index contributed by atoms with van der Waals surface area (Å²) < 4.78 is 0. The van der Waals surface area contributed by atoms with Crippen molar-refractivity contribution in [3.05, 3.63) is 35.3 Å². The smallest absolute Gasteiger partial charge is 0.321 e. The predicted molar refractivity (Wildman–Crippen MR) is 97.3 cm³/mol. The molecule has 1 aliphatic rings. The van der Waals surface area contributed by atoms with Gasteiger partial charge in [0, 0.05) is 41.8 Å². The molecule has 2 amide bonds. The number of anilines is 1. The molecule has 1 aromatic carbocycles. The van der Waals surface area contributed by atoms with Gasteiger partial charge in [0.05, 0.1) is 6.10 Å². The molecule has 2 atom stereocenters. The van der Waals surface area contributed by atoms with Gasteiger partial charge in [-0.05, 0) is 44.0 Å². The minimum absolute atomic E-state index is 0.146. The van der Waals surface area contributed by atoms with Crippen LogP contribution in [0.1, 0.15) is 25.0 Å². The first-order valence-electron chi connectivity index (χ1n) is 8.25. The molecule has 3 rings (SSSR count). The number of aliphatic hydroxyl groups is 1. The number of benzene rings is 1. The van der Waals surface area contributed by atoms with Crippen LogP contribution in [-0.4, -0.2) is 40.7 Å². The Morgan fingerprint density at radius 3 is 2.71 bits per heavy atom. The van der Waals surface area contributed by atoms with Gasteiger partial charge in [0.15, 0.2) is 0 Å². The third-order valence-corrected chi connectivity index (χ3v) is 5.49. The number of nitrogens with one attached hydrogen (secondary N) is 1. The standard InChI is InChI=1S/C18H23N3O2S/c1-12-11-24-17(19-12)13-6-8-15(9-7-13)20-18(23)21(2)10-14-4-3-5-16(14)22/h6-9,11,14,16,22H,3-5,10H2,1-2H3,(H,20,23). The van der Waals surface area contributed by atoms with Gasteiger partial charge in [0.25, 0.3) is 0 Å². The average Bonchev–Trinajstić information content (AvgIpc) is 3.17. The maximum atomic E-state index is 12.3. The van der Waals surface area contributed by atoms with E-state index < -0.39 is 0 Å². The molecule has 24 heavy (non-hydrogen) atoms. The van der Waals surface area contributed by atoms with E-state index in [2.05, 4.69) is 10.3 Å². The second kappa shape index (κ2) is 7.32. The summed E-state index contributed by atoms with van der Waals surface area (Å²) in [6.45, 7) is 2.56. The zero-order valence-electron chi connectivity index (χ0n) is 14.0. The first kappa shape index (κ1) is 16.9. The van der Waals surface area contributed by atoms with Crippen molar-refractivity contribution in [3.8, 4) is 10.6 Å². The lowest BCUT2D eigenvalue weighted by Gasteiger charge is -2.23. The van der Waals surface area contributed by atoms with Gasteiger partial charge >= 0.3 is 6.03 Å². The number of carbonyl (C=O) groups excluding carboxylic acids is 1. The first-order chi connectivity index (χ1) is 11.5. The van der Waals surface area contributed by atoms with E-state index in [4.69, 9.17) is 0 Å². The summed E-state index contributed by atoms with van der Waals surface area (Å²) >= 11 is 1.61. The second-order valence-corrected chi connectivity index (χ2v) is 7.30. The van der Waals surface area contributed by atoms with Crippen LogP contribution in [0.25, 0.3) is 10.6 Å². The summed E-state index contributed by atoms with van der Waals surface area (Å²) in [5.74, 6) is 0.191. The number of urea groups is 1. The third kappa shape index (κ3) is 3.94. The monoisotopic (exact) mass is 345 g/mol. The summed E-state index contributed by atoms with van der Waals surface area (Å²) in [7, 11) is 1.77. The number of amides is 2. The van der Waals surface area contributed by atoms with Crippen molar-refractivity contribution >= 4 is 23.1 Å². The number of carbonyl (C=O) groups is 1. The normalized spacial score (nSPS) is 20.1. The van der Waals surface area contributed by atoms with E-state index in [1.165, 1.54) is 0 Å². The van der Waals surface area contributed by atoms with Gasteiger partial charge < -0.3 is 15.3 Å². The van der Waals surface area contributed by atoms with Crippen LogP contribution in [0.15, 0.2) is 29.6 Å². The average molecular weight is 345 g/mol. The fourth-order valence-electron chi connectivity index (χ4n) is 3.07. The Morgan fingerprint density at radius 1 is 1.38 bits per heavy atom. The lowest BCUT2D eigenvalue weighted by molar-refractivity contribution is 0.116. The maximum Gasteiger partial charge on any atom is 0.321 e. The van der Waals surface area contributed by atoms with Crippen LogP contribution in [0.3, 0.4) is 0 Å². The summed E-state index contributed by atoms with van der Waals surface area (Å²) in [5, 5.41) is 15.8. The van der Waals surface area contributed by atoms with Gasteiger partial charge in [0.2, 0.25) is 0 Å². The molecule has 0 spiro atoms. The van der Waals surface area contributed by atoms with Gasteiger partial charge in [-0.1, -0.05) is 6.42 Å². The van der Waals surface area contributed by atoms with Crippen molar-refractivity contribution in [1.29, 1.82) is 0 Å². The molecule has 1 aliphatic carbocycles. The molecule has 2 N–H and O–H groups in total. The van der Waals surface area contributed by atoms with E-state index in [0.29, 0.717) is 6.54 Å². The number of aliphatic hydroxyl groups excluding tert-OH is 1. The molecule has 1 saturated carbocycles. The highest BCUT2D eigenvalue weighted by atomic mass is 32.1. The Kier molecular flexibility index (Phi) is 5.16. The van der Waals surface area contributed by atoms with E-state index in [-0.39, 0.29) is 18.1 Å². The fourth-order valence-corrected chi connectivity index (χ4v) is 3.87. The molecule has 2 aromatic rings. The van der Waals surface area contributed by atoms with Crippen molar-refractivity contribution in [2.75, 3.05) is 18.9 Å². The Hall–Kier alpha value is -1.92. The quantitative estimate of drug-likeness (QED) is 0.887. The van der Waals surface area contributed by atoms with E-state index in [1.807, 2.05) is 36.6 Å². The van der Waals surface area contributed by atoms with Crippen molar-refractivity contribution in [3.63, 3.8) is 0 Å². The highest BCUT2D eigenvalue weighted by Crippen LogP contribution is 2.27. The summed E-state index contributed by atoms with van der Waals surface area (Å²) in [4.78, 5) is 18.4. The van der Waals surface area contributed by atoms with Crippen LogP contribution in [0.5, 0.6) is 0 Å². The van der Waals surface area contributed by atoms with Gasteiger partial charge in [0.1, 0.15) is 5.01 Å². The van der Waals surface area contributed by atoms with E-state index in [1.54, 1.807) is 23.3 Å². The lowest BCUT2D eigenvalue weighted by Crippen LogP contribution is -2.37. The molecule has 0 saturated heterocycles. The highest BCUT2D eigenvalue weighted by Gasteiger charge is 2.27. The number of hydrogen-bond acceptors (Lipinski definition) is 4. The van der Waals surface area contributed by atoms with Crippen molar-refractivity contribution < 1.29 is 9.90 Å². The summed E-state index contributed by atoms with van der Waals surface area (Å²) in [6.07, 6.45) is 2.60. The van der Waals surface area contributed by atoms with Crippen LogP contribution < -0.4 is 5.32 Å². The molecule has 2 unspecified atom stereocenters. The zero-order valence-corrected chi connectivity index (χ0v) is 14.8. The Labute approximate surface area is 146 Å². The second-order valence-electron chi connectivity index (χ2n) is 6.44. The molecule has 6 heteroatoms. The molecular weight excluding hydrogens is 322 g/mol. The molecule has 5 nitrogen and oxygen atoms in total. The molecule has 1 fully saturated rings. The molecule has 1 aromatic heterocycles. The van der Waals surface area contributed by atoms with E-state index >= 15 is 0 Å². The minimum atomic E-state index is -0.277. The summed E-state index contributed by atoms with van der Waals surface area (Å²) in [5.41, 5.74) is 2.83. The van der Waals surface area contributed by atoms with Crippen LogP contribution in [0.4, 0.5) is 10.5 Å². The van der Waals surface area contributed by atoms with Crippen molar-refractivity contribution in [1.82, 2.24) is 9.88 Å². The molecule has 0 radical (unpaired) electrons. The van der Waals surface area contributed by atoms with E-state index in [9.17, 15) is 9.90 Å². The predicted octanol–water partition coefficient (Wildman–Crippen LogP) is 3.74. The molecule has 1 heterocycles. The molecule has 0 aliphatic heterocycles. The minimum Gasteiger partial charge on any atom is -0.393 e. The SMILES string of the molecule is Cc1csc(-c2ccc(NC(=O)N(C)CC3CCCC3O)cc2)n1. The molecular formula is C18H23N3O2S. The number of rotatable bonds is 4. The number of hydrogen-bond donors (Lipinski definition) is 2. The molecule has 0 bridgehead atoms. The third-order valence-electron chi connectivity index (χ3n) is 4.48. The lowest BCUT2D eigenvalue weighted by atomic mass is 10.1. The van der Waals surface area contributed by atoms with Crippen molar-refractivity contribution in [2.45, 2.75) is 32.3 Å². The number of nitrogens with zero attached hydrogens (tertiary/aromatic N) is 2. The Balaban J connectivity index is 1.58. The van der Waals surface area contributed by atoms with Gasteiger partial charge in [-0.25, -0.2) is 9.78 Å². The van der Waals surface area contributed by atoms with Crippen LogP contribution >= 0.6 is 11.3 Å². The highest BCUT2D eigenvalue weighted by molar-refractivity contribution is 7.13. The van der Waals surface area contributed by atoms with Crippen LogP contribution in [0.2, 0.25) is 0 Å². The Morgan fingerprint density at radius 2 is 2.12 bits per heavy atom. The van der Waals surface area contributed by atoms with Gasteiger partial charge in [-0.3, -0.25) is 0 Å².